The van der Waals surface area contributed by atoms with E-state index in [0.717, 1.165) is 12.8 Å². The number of hydrogen-bond donors (Lipinski definition) is 3. The van der Waals surface area contributed by atoms with Crippen molar-refractivity contribution in [1.29, 1.82) is 0 Å². The average molecular weight is 286 g/mol. The molecule has 3 N–H and O–H groups in total. The van der Waals surface area contributed by atoms with Crippen molar-refractivity contribution >= 4 is 17.8 Å². The van der Waals surface area contributed by atoms with Crippen molar-refractivity contribution in [2.24, 2.45) is 0 Å². The number of carbonyl (C=O) groups excluding carboxylic acids is 2. The van der Waals surface area contributed by atoms with Crippen molar-refractivity contribution in [3.8, 4) is 0 Å². The molecule has 1 heterocycles. The highest BCUT2D eigenvalue weighted by atomic mass is 16.5. The summed E-state index contributed by atoms with van der Waals surface area (Å²) in [5, 5.41) is 14.4. The van der Waals surface area contributed by atoms with Gasteiger partial charge in [-0.2, -0.15) is 0 Å². The number of carboxylic acid groups (broad SMARTS) is 1. The van der Waals surface area contributed by atoms with Gasteiger partial charge in [-0.3, -0.25) is 9.59 Å². The van der Waals surface area contributed by atoms with E-state index >= 15 is 0 Å². The minimum absolute atomic E-state index is 0.0244. The molecule has 1 aliphatic heterocycles. The summed E-state index contributed by atoms with van der Waals surface area (Å²) in [5.41, 5.74) is -1.26. The molecule has 0 aromatic carbocycles. The number of carboxylic acids is 1. The maximum absolute atomic E-state index is 11.7. The van der Waals surface area contributed by atoms with Crippen molar-refractivity contribution in [3.05, 3.63) is 0 Å². The summed E-state index contributed by atoms with van der Waals surface area (Å²) in [6.07, 6.45) is 2.87. The number of rotatable bonds is 8. The first-order chi connectivity index (χ1) is 9.46. The maximum atomic E-state index is 11.7. The third-order valence-electron chi connectivity index (χ3n) is 3.26. The summed E-state index contributed by atoms with van der Waals surface area (Å²) in [6, 6.07) is 0. The lowest BCUT2D eigenvalue weighted by Gasteiger charge is -2.23. The van der Waals surface area contributed by atoms with Gasteiger partial charge < -0.3 is 20.5 Å². The van der Waals surface area contributed by atoms with E-state index in [4.69, 9.17) is 4.74 Å². The van der Waals surface area contributed by atoms with Crippen LogP contribution in [0.4, 0.5) is 0 Å². The van der Waals surface area contributed by atoms with Crippen LogP contribution in [-0.4, -0.2) is 48.2 Å². The number of nitrogens with one attached hydrogen (secondary N) is 2. The zero-order valence-corrected chi connectivity index (χ0v) is 11.7. The summed E-state index contributed by atoms with van der Waals surface area (Å²) in [6.45, 7) is 2.44. The molecule has 1 aliphatic rings. The van der Waals surface area contributed by atoms with Gasteiger partial charge in [0, 0.05) is 32.9 Å². The van der Waals surface area contributed by atoms with E-state index in [1.54, 1.807) is 0 Å². The van der Waals surface area contributed by atoms with Crippen LogP contribution in [0.3, 0.4) is 0 Å². The predicted molar refractivity (Wildman–Crippen MR) is 71.1 cm³/mol. The quantitative estimate of drug-likeness (QED) is 0.547. The highest BCUT2D eigenvalue weighted by molar-refractivity contribution is 5.87. The van der Waals surface area contributed by atoms with Crippen LogP contribution < -0.4 is 10.6 Å². The van der Waals surface area contributed by atoms with E-state index < -0.39 is 11.5 Å². The molecule has 1 saturated heterocycles. The molecule has 1 atom stereocenters. The van der Waals surface area contributed by atoms with E-state index in [2.05, 4.69) is 10.6 Å². The highest BCUT2D eigenvalue weighted by Gasteiger charge is 2.43. The third-order valence-corrected chi connectivity index (χ3v) is 3.26. The molecule has 7 heteroatoms. The number of unbranched alkanes of at least 4 members (excludes halogenated alkanes) is 2. The number of ether oxygens (including phenoxy) is 1. The van der Waals surface area contributed by atoms with Gasteiger partial charge in [-0.25, -0.2) is 4.79 Å². The van der Waals surface area contributed by atoms with E-state index in [1.165, 1.54) is 6.92 Å². The van der Waals surface area contributed by atoms with Gasteiger partial charge in [0.25, 0.3) is 0 Å². The Kier molecular flexibility index (Phi) is 6.44. The lowest BCUT2D eigenvalue weighted by atomic mass is 9.98. The normalized spacial score (nSPS) is 21.4. The molecule has 0 bridgehead atoms. The monoisotopic (exact) mass is 286 g/mol. The predicted octanol–water partition coefficient (Wildman–Crippen LogP) is 0.0428. The Morgan fingerprint density at radius 2 is 2.00 bits per heavy atom. The Bertz CT molecular complexity index is 364. The van der Waals surface area contributed by atoms with Crippen molar-refractivity contribution in [2.75, 3.05) is 19.8 Å². The average Bonchev–Trinajstić information content (AvgIpc) is 2.83. The third kappa shape index (κ3) is 5.16. The fourth-order valence-electron chi connectivity index (χ4n) is 2.07. The molecule has 0 saturated carbocycles. The van der Waals surface area contributed by atoms with E-state index in [9.17, 15) is 19.5 Å². The molecule has 7 nitrogen and oxygen atoms in total. The molecule has 0 radical (unpaired) electrons. The molecule has 1 unspecified atom stereocenters. The lowest BCUT2D eigenvalue weighted by molar-refractivity contribution is -0.147. The zero-order valence-electron chi connectivity index (χ0n) is 11.7. The molecular formula is C13H22N2O5. The molecule has 20 heavy (non-hydrogen) atoms. The van der Waals surface area contributed by atoms with Gasteiger partial charge in [0.15, 0.2) is 5.54 Å². The molecule has 0 aromatic rings. The van der Waals surface area contributed by atoms with E-state index in [1.807, 2.05) is 0 Å². The fraction of sp³-hybridized carbons (Fsp3) is 0.769. The van der Waals surface area contributed by atoms with Gasteiger partial charge in [0.05, 0.1) is 6.61 Å². The van der Waals surface area contributed by atoms with Crippen LogP contribution >= 0.6 is 0 Å². The molecule has 1 fully saturated rings. The Morgan fingerprint density at radius 3 is 2.55 bits per heavy atom. The van der Waals surface area contributed by atoms with Crippen LogP contribution in [0.5, 0.6) is 0 Å². The summed E-state index contributed by atoms with van der Waals surface area (Å²) in [5.74, 6) is -1.38. The molecule has 0 aromatic heterocycles. The number of carbonyl (C=O) groups is 3. The second-order valence-corrected chi connectivity index (χ2v) is 5.03. The highest BCUT2D eigenvalue weighted by Crippen LogP contribution is 2.19. The first-order valence-electron chi connectivity index (χ1n) is 6.83. The van der Waals surface area contributed by atoms with Gasteiger partial charge in [-0.1, -0.05) is 6.42 Å². The molecule has 114 valence electrons. The van der Waals surface area contributed by atoms with E-state index in [0.29, 0.717) is 26.0 Å². The van der Waals surface area contributed by atoms with Gasteiger partial charge in [0.1, 0.15) is 0 Å². The molecule has 1 rings (SSSR count). The Morgan fingerprint density at radius 1 is 1.25 bits per heavy atom. The second-order valence-electron chi connectivity index (χ2n) is 5.03. The van der Waals surface area contributed by atoms with Gasteiger partial charge in [-0.15, -0.1) is 0 Å². The maximum Gasteiger partial charge on any atom is 0.331 e. The molecule has 0 spiro atoms. The van der Waals surface area contributed by atoms with Crippen LogP contribution in [0, 0.1) is 0 Å². The number of hydrogen-bond acceptors (Lipinski definition) is 4. The second kappa shape index (κ2) is 7.84. The van der Waals surface area contributed by atoms with Crippen LogP contribution in [0.25, 0.3) is 0 Å². The number of amides is 2. The van der Waals surface area contributed by atoms with Crippen LogP contribution in [-0.2, 0) is 19.1 Å². The first kappa shape index (κ1) is 16.4. The van der Waals surface area contributed by atoms with Crippen molar-refractivity contribution in [2.45, 2.75) is 44.6 Å². The van der Waals surface area contributed by atoms with Crippen LogP contribution in [0.15, 0.2) is 0 Å². The lowest BCUT2D eigenvalue weighted by Crippen LogP contribution is -2.55. The SMILES string of the molecule is CC(=O)NCCCCCC(=O)NC1(C(=O)O)CCOC1. The summed E-state index contributed by atoms with van der Waals surface area (Å²) >= 11 is 0. The summed E-state index contributed by atoms with van der Waals surface area (Å²) in [7, 11) is 0. The van der Waals surface area contributed by atoms with Gasteiger partial charge >= 0.3 is 5.97 Å². The molecular weight excluding hydrogens is 264 g/mol. The topological polar surface area (TPSA) is 105 Å². The van der Waals surface area contributed by atoms with Crippen LogP contribution in [0.1, 0.15) is 39.0 Å². The largest absolute Gasteiger partial charge is 0.479 e. The molecule has 2 amide bonds. The van der Waals surface area contributed by atoms with E-state index in [-0.39, 0.29) is 24.8 Å². The van der Waals surface area contributed by atoms with Crippen LogP contribution in [0.2, 0.25) is 0 Å². The summed E-state index contributed by atoms with van der Waals surface area (Å²) < 4.78 is 5.07. The molecule has 0 aliphatic carbocycles. The minimum Gasteiger partial charge on any atom is -0.479 e. The van der Waals surface area contributed by atoms with Gasteiger partial charge in [0.2, 0.25) is 11.8 Å². The Balaban J connectivity index is 2.19. The standard InChI is InChI=1S/C13H22N2O5/c1-10(16)14-7-4-2-3-5-11(17)15-13(12(18)19)6-8-20-9-13/h2-9H2,1H3,(H,14,16)(H,15,17)(H,18,19). The smallest absolute Gasteiger partial charge is 0.331 e. The first-order valence-corrected chi connectivity index (χ1v) is 6.83. The van der Waals surface area contributed by atoms with Crippen molar-refractivity contribution in [1.82, 2.24) is 10.6 Å². The number of aliphatic carboxylic acids is 1. The Labute approximate surface area is 118 Å². The van der Waals surface area contributed by atoms with Crippen molar-refractivity contribution in [3.63, 3.8) is 0 Å². The summed E-state index contributed by atoms with van der Waals surface area (Å²) in [4.78, 5) is 33.6. The zero-order chi connectivity index (χ0) is 15.0. The van der Waals surface area contributed by atoms with Crippen molar-refractivity contribution < 1.29 is 24.2 Å². The minimum atomic E-state index is -1.26. The fourth-order valence-corrected chi connectivity index (χ4v) is 2.07. The van der Waals surface area contributed by atoms with Gasteiger partial charge in [-0.05, 0) is 12.8 Å². The Hall–Kier alpha value is -1.63.